The molecule has 4 rings (SSSR count). The minimum atomic E-state index is -3.17. The minimum Gasteiger partial charge on any atom is -0.384 e. The molecule has 3 N–H and O–H groups in total. The average Bonchev–Trinajstić information content (AvgIpc) is 3.35. The second-order valence-corrected chi connectivity index (χ2v) is 8.65. The van der Waals surface area contributed by atoms with E-state index in [4.69, 9.17) is 5.73 Å². The third-order valence-electron chi connectivity index (χ3n) is 4.82. The molecule has 8 heteroatoms. The highest BCUT2D eigenvalue weighted by atomic mass is 32.2. The number of aromatic nitrogens is 2. The Morgan fingerprint density at radius 2 is 2.00 bits per heavy atom. The van der Waals surface area contributed by atoms with E-state index in [0.717, 1.165) is 19.4 Å². The molecule has 120 valence electrons. The summed E-state index contributed by atoms with van der Waals surface area (Å²) in [5, 5.41) is -0.176. The van der Waals surface area contributed by atoms with E-state index in [1.54, 1.807) is 12.3 Å². The Hall–Kier alpha value is -1.41. The molecule has 1 aromatic rings. The molecule has 2 saturated carbocycles. The molecule has 1 aliphatic heterocycles. The fraction of sp³-hybridized carbons (Fsp3) is 0.714. The van der Waals surface area contributed by atoms with Crippen molar-refractivity contribution >= 4 is 21.8 Å². The second kappa shape index (κ2) is 5.06. The number of nitrogens with zero attached hydrogens (tertiary/aromatic N) is 3. The van der Waals surface area contributed by atoms with Crippen LogP contribution in [0.25, 0.3) is 0 Å². The van der Waals surface area contributed by atoms with Crippen molar-refractivity contribution in [1.29, 1.82) is 0 Å². The molecular formula is C14H21N5O2S. The Bertz CT molecular complexity index is 672. The van der Waals surface area contributed by atoms with Gasteiger partial charge in [0.1, 0.15) is 5.82 Å². The summed E-state index contributed by atoms with van der Waals surface area (Å²) in [6, 6.07) is 1.62. The molecule has 22 heavy (non-hydrogen) atoms. The zero-order valence-electron chi connectivity index (χ0n) is 12.4. The third-order valence-corrected chi connectivity index (χ3v) is 6.80. The van der Waals surface area contributed by atoms with Crippen LogP contribution in [0, 0.1) is 11.8 Å². The lowest BCUT2D eigenvalue weighted by Gasteiger charge is -2.18. The van der Waals surface area contributed by atoms with E-state index < -0.39 is 10.0 Å². The molecule has 2 heterocycles. The highest BCUT2D eigenvalue weighted by molar-refractivity contribution is 7.90. The van der Waals surface area contributed by atoms with Crippen molar-refractivity contribution < 1.29 is 8.42 Å². The Labute approximate surface area is 130 Å². The van der Waals surface area contributed by atoms with Crippen LogP contribution in [0.3, 0.4) is 0 Å². The lowest BCUT2D eigenvalue weighted by atomic mass is 9.99. The first-order valence-electron chi connectivity index (χ1n) is 7.87. The Balaban J connectivity index is 1.53. The van der Waals surface area contributed by atoms with Crippen molar-refractivity contribution in [3.63, 3.8) is 0 Å². The molecule has 1 aromatic heterocycles. The summed E-state index contributed by atoms with van der Waals surface area (Å²) in [6.45, 7) is 1.42. The minimum absolute atomic E-state index is 0.0388. The van der Waals surface area contributed by atoms with Crippen LogP contribution in [0.4, 0.5) is 11.8 Å². The molecule has 2 atom stereocenters. The third kappa shape index (κ3) is 2.77. The van der Waals surface area contributed by atoms with E-state index in [9.17, 15) is 8.42 Å². The molecule has 0 amide bonds. The number of nitrogens with two attached hydrogens (primary N) is 1. The van der Waals surface area contributed by atoms with Gasteiger partial charge in [-0.3, -0.25) is 0 Å². The molecule has 7 nitrogen and oxygen atoms in total. The number of sulfonamides is 1. The van der Waals surface area contributed by atoms with Crippen molar-refractivity contribution in [3.8, 4) is 0 Å². The molecular weight excluding hydrogens is 302 g/mol. The molecule has 0 radical (unpaired) electrons. The van der Waals surface area contributed by atoms with Crippen LogP contribution in [-0.2, 0) is 10.0 Å². The Morgan fingerprint density at radius 1 is 1.23 bits per heavy atom. The summed E-state index contributed by atoms with van der Waals surface area (Å²) in [7, 11) is -3.17. The van der Waals surface area contributed by atoms with Gasteiger partial charge in [0.2, 0.25) is 16.0 Å². The Morgan fingerprint density at radius 3 is 2.64 bits per heavy atom. The van der Waals surface area contributed by atoms with Crippen LogP contribution < -0.4 is 15.4 Å². The Kier molecular flexibility index (Phi) is 3.26. The SMILES string of the molecule is Nc1ccnc(N2C[C@H](NS(=O)(=O)C3CC3)[C@@H](C3CC3)C2)n1. The van der Waals surface area contributed by atoms with E-state index in [-0.39, 0.29) is 11.3 Å². The summed E-state index contributed by atoms with van der Waals surface area (Å²) >= 11 is 0. The number of anilines is 2. The molecule has 3 fully saturated rings. The normalized spacial score (nSPS) is 29.0. The largest absolute Gasteiger partial charge is 0.384 e. The quantitative estimate of drug-likeness (QED) is 0.811. The molecule has 0 unspecified atom stereocenters. The van der Waals surface area contributed by atoms with Crippen molar-refractivity contribution in [1.82, 2.24) is 14.7 Å². The first-order valence-corrected chi connectivity index (χ1v) is 9.42. The van der Waals surface area contributed by atoms with E-state index in [1.165, 1.54) is 12.8 Å². The summed E-state index contributed by atoms with van der Waals surface area (Å²) in [6.07, 6.45) is 5.61. The summed E-state index contributed by atoms with van der Waals surface area (Å²) in [5.41, 5.74) is 5.73. The van der Waals surface area contributed by atoms with E-state index in [0.29, 0.717) is 30.1 Å². The van der Waals surface area contributed by atoms with Gasteiger partial charge in [0.05, 0.1) is 5.25 Å². The highest BCUT2D eigenvalue weighted by Crippen LogP contribution is 2.42. The van der Waals surface area contributed by atoms with Crippen molar-refractivity contribution in [2.24, 2.45) is 11.8 Å². The zero-order chi connectivity index (χ0) is 15.3. The van der Waals surface area contributed by atoms with Gasteiger partial charge in [-0.2, -0.15) is 4.98 Å². The number of nitrogen functional groups attached to an aromatic ring is 1. The van der Waals surface area contributed by atoms with Crippen LogP contribution >= 0.6 is 0 Å². The molecule has 0 spiro atoms. The van der Waals surface area contributed by atoms with Crippen molar-refractivity contribution in [3.05, 3.63) is 12.3 Å². The number of nitrogens with one attached hydrogen (secondary N) is 1. The van der Waals surface area contributed by atoms with Crippen LogP contribution in [0.5, 0.6) is 0 Å². The standard InChI is InChI=1S/C14H21N5O2S/c15-13-5-6-16-14(17-13)19-7-11(9-1-2-9)12(8-19)18-22(20,21)10-3-4-10/h5-6,9-12,18H,1-4,7-8H2,(H2,15,16,17)/t11-,12+/m1/s1. The molecule has 1 saturated heterocycles. The fourth-order valence-corrected chi connectivity index (χ4v) is 4.94. The van der Waals surface area contributed by atoms with E-state index in [2.05, 4.69) is 19.6 Å². The van der Waals surface area contributed by atoms with Crippen LogP contribution in [-0.4, -0.2) is 42.8 Å². The van der Waals surface area contributed by atoms with Gasteiger partial charge in [0.25, 0.3) is 0 Å². The smallest absolute Gasteiger partial charge is 0.227 e. The van der Waals surface area contributed by atoms with Gasteiger partial charge in [0.15, 0.2) is 0 Å². The van der Waals surface area contributed by atoms with Crippen molar-refractivity contribution in [2.45, 2.75) is 37.0 Å². The maximum absolute atomic E-state index is 12.3. The topological polar surface area (TPSA) is 101 Å². The van der Waals surface area contributed by atoms with E-state index >= 15 is 0 Å². The van der Waals surface area contributed by atoms with Gasteiger partial charge < -0.3 is 10.6 Å². The maximum atomic E-state index is 12.3. The first kappa shape index (κ1) is 14.2. The second-order valence-electron chi connectivity index (χ2n) is 6.66. The molecule has 2 aliphatic carbocycles. The van der Waals surface area contributed by atoms with Gasteiger partial charge in [-0.15, -0.1) is 0 Å². The fourth-order valence-electron chi connectivity index (χ4n) is 3.32. The van der Waals surface area contributed by atoms with Crippen molar-refractivity contribution in [2.75, 3.05) is 23.7 Å². The number of hydrogen-bond acceptors (Lipinski definition) is 6. The lowest BCUT2D eigenvalue weighted by Crippen LogP contribution is -2.42. The average molecular weight is 323 g/mol. The monoisotopic (exact) mass is 323 g/mol. The highest BCUT2D eigenvalue weighted by Gasteiger charge is 2.46. The van der Waals surface area contributed by atoms with E-state index in [1.807, 2.05) is 0 Å². The van der Waals surface area contributed by atoms with Crippen LogP contribution in [0.15, 0.2) is 12.3 Å². The van der Waals surface area contributed by atoms with Gasteiger partial charge in [-0.1, -0.05) is 0 Å². The predicted molar refractivity (Wildman–Crippen MR) is 83.7 cm³/mol. The predicted octanol–water partition coefficient (Wildman–Crippen LogP) is 0.355. The summed E-state index contributed by atoms with van der Waals surface area (Å²) < 4.78 is 27.5. The van der Waals surface area contributed by atoms with Gasteiger partial charge in [-0.05, 0) is 43.6 Å². The zero-order valence-corrected chi connectivity index (χ0v) is 13.2. The van der Waals surface area contributed by atoms with Gasteiger partial charge in [-0.25, -0.2) is 18.1 Å². The van der Waals surface area contributed by atoms with Gasteiger partial charge in [0, 0.05) is 25.3 Å². The maximum Gasteiger partial charge on any atom is 0.227 e. The van der Waals surface area contributed by atoms with Crippen LogP contribution in [0.1, 0.15) is 25.7 Å². The lowest BCUT2D eigenvalue weighted by molar-refractivity contribution is 0.426. The number of hydrogen-bond donors (Lipinski definition) is 2. The number of rotatable bonds is 5. The summed E-state index contributed by atoms with van der Waals surface area (Å²) in [5.74, 6) is 2.00. The van der Waals surface area contributed by atoms with Crippen LogP contribution in [0.2, 0.25) is 0 Å². The molecule has 0 bridgehead atoms. The molecule has 3 aliphatic rings. The summed E-state index contributed by atoms with van der Waals surface area (Å²) in [4.78, 5) is 10.6. The first-order chi connectivity index (χ1) is 10.5. The van der Waals surface area contributed by atoms with Gasteiger partial charge >= 0.3 is 0 Å². The molecule has 0 aromatic carbocycles.